The van der Waals surface area contributed by atoms with Crippen molar-refractivity contribution in [3.63, 3.8) is 0 Å². The Morgan fingerprint density at radius 2 is 2.03 bits per heavy atom. The number of hydrogen-bond acceptors (Lipinski definition) is 7. The number of nitrogens with one attached hydrogen (secondary N) is 1. The number of benzene rings is 2. The van der Waals surface area contributed by atoms with Gasteiger partial charge in [-0.15, -0.1) is 0 Å². The van der Waals surface area contributed by atoms with E-state index < -0.39 is 0 Å². The van der Waals surface area contributed by atoms with E-state index in [0.29, 0.717) is 25.2 Å². The van der Waals surface area contributed by atoms with E-state index in [0.717, 1.165) is 16.9 Å². The molecule has 2 aromatic carbocycles. The molecule has 2 heterocycles. The minimum absolute atomic E-state index is 0.115. The topological polar surface area (TPSA) is 78.1 Å². The Bertz CT molecular complexity index is 1440. The fraction of sp³-hybridized carbons (Fsp3) is 0.182. The Balaban J connectivity index is 1.66. The molecule has 4 aromatic rings. The minimum Gasteiger partial charge on any atom is -0.497 e. The van der Waals surface area contributed by atoms with Gasteiger partial charge >= 0.3 is 0 Å². The van der Waals surface area contributed by atoms with Crippen LogP contribution < -0.4 is 15.6 Å². The number of carbonyl (C=O) groups is 1. The van der Waals surface area contributed by atoms with Crippen molar-refractivity contribution >= 4 is 57.3 Å². The van der Waals surface area contributed by atoms with Crippen molar-refractivity contribution < 1.29 is 9.53 Å². The van der Waals surface area contributed by atoms with Crippen molar-refractivity contribution in [1.29, 1.82) is 0 Å². The summed E-state index contributed by atoms with van der Waals surface area (Å²) in [6.07, 6.45) is 0. The smallest absolute Gasteiger partial charge is 0.273 e. The molecule has 4 rings (SSSR count). The lowest BCUT2D eigenvalue weighted by Crippen LogP contribution is -2.21. The monoisotopic (exact) mass is 484 g/mol. The summed E-state index contributed by atoms with van der Waals surface area (Å²) < 4.78 is 9.50. The van der Waals surface area contributed by atoms with Crippen molar-refractivity contribution in [2.24, 2.45) is 7.05 Å². The number of methoxy groups -OCH3 is 1. The summed E-state index contributed by atoms with van der Waals surface area (Å²) in [6.45, 7) is 1.96. The molecule has 164 valence electrons. The second kappa shape index (κ2) is 9.27. The lowest BCUT2D eigenvalue weighted by molar-refractivity contribution is -0.113. The molecule has 0 aliphatic heterocycles. The van der Waals surface area contributed by atoms with E-state index in [9.17, 15) is 9.59 Å². The molecule has 0 unspecified atom stereocenters. The van der Waals surface area contributed by atoms with Gasteiger partial charge in [0.05, 0.1) is 18.6 Å². The molecule has 32 heavy (non-hydrogen) atoms. The normalized spacial score (nSPS) is 11.0. The van der Waals surface area contributed by atoms with Gasteiger partial charge in [0.25, 0.3) is 5.56 Å². The third-order valence-electron chi connectivity index (χ3n) is 4.72. The average molecular weight is 485 g/mol. The number of aromatic nitrogens is 3. The molecule has 1 amide bonds. The predicted molar refractivity (Wildman–Crippen MR) is 132 cm³/mol. The van der Waals surface area contributed by atoms with Crippen LogP contribution in [-0.4, -0.2) is 32.9 Å². The van der Waals surface area contributed by atoms with E-state index in [4.69, 9.17) is 21.9 Å². The van der Waals surface area contributed by atoms with Crippen molar-refractivity contribution in [1.82, 2.24) is 14.1 Å². The van der Waals surface area contributed by atoms with Crippen molar-refractivity contribution in [2.45, 2.75) is 12.1 Å². The Morgan fingerprint density at radius 1 is 1.25 bits per heavy atom. The maximum absolute atomic E-state index is 13.0. The molecule has 2 aromatic heterocycles. The van der Waals surface area contributed by atoms with Gasteiger partial charge in [0.1, 0.15) is 10.4 Å². The van der Waals surface area contributed by atoms with Gasteiger partial charge in [-0.1, -0.05) is 41.3 Å². The quantitative estimate of drug-likeness (QED) is 0.246. The largest absolute Gasteiger partial charge is 0.497 e. The maximum Gasteiger partial charge on any atom is 0.273 e. The fourth-order valence-electron chi connectivity index (χ4n) is 3.17. The molecule has 0 fully saturated rings. The summed E-state index contributed by atoms with van der Waals surface area (Å²) in [4.78, 5) is 30.1. The van der Waals surface area contributed by atoms with Gasteiger partial charge in [-0.2, -0.15) is 0 Å². The van der Waals surface area contributed by atoms with Crippen LogP contribution in [0.5, 0.6) is 5.75 Å². The van der Waals surface area contributed by atoms with E-state index >= 15 is 0 Å². The van der Waals surface area contributed by atoms with Crippen LogP contribution in [0.25, 0.3) is 16.0 Å². The third kappa shape index (κ3) is 4.47. The van der Waals surface area contributed by atoms with Gasteiger partial charge in [0.15, 0.2) is 14.8 Å². The van der Waals surface area contributed by atoms with Crippen LogP contribution in [0.15, 0.2) is 58.5 Å². The zero-order valence-electron chi connectivity index (χ0n) is 17.6. The Labute approximate surface area is 197 Å². The number of anilines is 1. The highest BCUT2D eigenvalue weighted by molar-refractivity contribution is 7.99. The van der Waals surface area contributed by atoms with Crippen LogP contribution in [0.4, 0.5) is 5.69 Å². The standard InChI is InChI=1S/C22H20N4O3S3/c1-13-6-4-7-14(10-13)23-17(27)12-31-21-24-19-18(20(28)25(21)2)32-22(30)26(19)15-8-5-9-16(11-15)29-3/h4-11H,12H2,1-3H3,(H,23,27). The first-order chi connectivity index (χ1) is 15.4. The van der Waals surface area contributed by atoms with Crippen LogP contribution in [-0.2, 0) is 11.8 Å². The molecule has 0 bridgehead atoms. The Morgan fingerprint density at radius 3 is 2.78 bits per heavy atom. The van der Waals surface area contributed by atoms with Crippen molar-refractivity contribution in [2.75, 3.05) is 18.2 Å². The van der Waals surface area contributed by atoms with Crippen molar-refractivity contribution in [3.05, 3.63) is 68.4 Å². The molecule has 0 saturated carbocycles. The van der Waals surface area contributed by atoms with Crippen LogP contribution in [0.1, 0.15) is 5.56 Å². The van der Waals surface area contributed by atoms with Crippen LogP contribution in [0.3, 0.4) is 0 Å². The van der Waals surface area contributed by atoms with E-state index in [1.807, 2.05) is 55.5 Å². The zero-order valence-corrected chi connectivity index (χ0v) is 20.1. The van der Waals surface area contributed by atoms with Crippen LogP contribution in [0.2, 0.25) is 0 Å². The third-order valence-corrected chi connectivity index (χ3v) is 7.10. The van der Waals surface area contributed by atoms with E-state index in [2.05, 4.69) is 5.32 Å². The number of aryl methyl sites for hydroxylation is 1. The molecule has 1 N–H and O–H groups in total. The lowest BCUT2D eigenvalue weighted by Gasteiger charge is -2.10. The molecule has 7 nitrogen and oxygen atoms in total. The van der Waals surface area contributed by atoms with Gasteiger partial charge < -0.3 is 10.1 Å². The number of thiazole rings is 1. The number of ether oxygens (including phenoxy) is 1. The first kappa shape index (κ1) is 22.3. The molecule has 0 atom stereocenters. The average Bonchev–Trinajstić information content (AvgIpc) is 3.11. The SMILES string of the molecule is COc1cccc(-n2c(=S)sc3c(=O)n(C)c(SCC(=O)Nc4cccc(C)c4)nc32)c1. The van der Waals surface area contributed by atoms with Crippen LogP contribution in [0, 0.1) is 10.9 Å². The van der Waals surface area contributed by atoms with Crippen molar-refractivity contribution in [3.8, 4) is 11.4 Å². The second-order valence-electron chi connectivity index (χ2n) is 7.02. The number of thioether (sulfide) groups is 1. The van der Waals surface area contributed by atoms with Gasteiger partial charge in [-0.25, -0.2) is 4.98 Å². The summed E-state index contributed by atoms with van der Waals surface area (Å²) in [5.41, 5.74) is 2.82. The first-order valence-electron chi connectivity index (χ1n) is 9.63. The molecular formula is C22H20N4O3S3. The molecule has 0 saturated heterocycles. The molecule has 0 aliphatic carbocycles. The fourth-order valence-corrected chi connectivity index (χ4v) is 5.28. The minimum atomic E-state index is -0.200. The van der Waals surface area contributed by atoms with Gasteiger partial charge in [0.2, 0.25) is 5.91 Å². The number of fused-ring (bicyclic) bond motifs is 1. The highest BCUT2D eigenvalue weighted by Crippen LogP contribution is 2.27. The molecular weight excluding hydrogens is 464 g/mol. The predicted octanol–water partition coefficient (Wildman–Crippen LogP) is 4.56. The number of carbonyl (C=O) groups excluding carboxylic acids is 1. The number of rotatable bonds is 6. The summed E-state index contributed by atoms with van der Waals surface area (Å²) in [5, 5.41) is 3.31. The highest BCUT2D eigenvalue weighted by Gasteiger charge is 2.17. The van der Waals surface area contributed by atoms with E-state index in [1.54, 1.807) is 18.7 Å². The first-order valence-corrected chi connectivity index (χ1v) is 11.8. The number of nitrogens with zero attached hydrogens (tertiary/aromatic N) is 3. The van der Waals surface area contributed by atoms with Gasteiger partial charge in [-0.05, 0) is 49.0 Å². The number of amides is 1. The van der Waals surface area contributed by atoms with Gasteiger partial charge in [-0.3, -0.25) is 18.7 Å². The highest BCUT2D eigenvalue weighted by atomic mass is 32.2. The summed E-state index contributed by atoms with van der Waals surface area (Å²) in [6, 6.07) is 15.0. The summed E-state index contributed by atoms with van der Waals surface area (Å²) in [7, 11) is 3.24. The second-order valence-corrected chi connectivity index (χ2v) is 9.61. The molecule has 0 radical (unpaired) electrons. The summed E-state index contributed by atoms with van der Waals surface area (Å²) in [5.74, 6) is 0.615. The van der Waals surface area contributed by atoms with Gasteiger partial charge in [0, 0.05) is 18.8 Å². The number of hydrogen-bond donors (Lipinski definition) is 1. The molecule has 0 aliphatic rings. The molecule has 0 spiro atoms. The van der Waals surface area contributed by atoms with Crippen LogP contribution >= 0.6 is 35.3 Å². The Kier molecular flexibility index (Phi) is 6.45. The van der Waals surface area contributed by atoms with E-state index in [1.165, 1.54) is 27.7 Å². The molecule has 10 heteroatoms. The summed E-state index contributed by atoms with van der Waals surface area (Å²) >= 11 is 7.95. The Hall–Kier alpha value is -2.95. The maximum atomic E-state index is 13.0. The van der Waals surface area contributed by atoms with E-state index in [-0.39, 0.29) is 17.2 Å². The lowest BCUT2D eigenvalue weighted by atomic mass is 10.2. The zero-order chi connectivity index (χ0) is 22.8.